The van der Waals surface area contributed by atoms with Crippen molar-refractivity contribution in [2.24, 2.45) is 12.0 Å². The van der Waals surface area contributed by atoms with Gasteiger partial charge in [0.2, 0.25) is 0 Å². The number of hydrogen-bond acceptors (Lipinski definition) is 4. The van der Waals surface area contributed by atoms with Crippen molar-refractivity contribution >= 4 is 29.9 Å². The molecule has 0 atom stereocenters. The van der Waals surface area contributed by atoms with Crippen molar-refractivity contribution < 1.29 is 4.74 Å². The molecule has 2 fully saturated rings. The largest absolute Gasteiger partial charge is 0.381 e. The number of nitrogens with zero attached hydrogens (tertiary/aromatic N) is 4. The highest BCUT2D eigenvalue weighted by molar-refractivity contribution is 14.0. The summed E-state index contributed by atoms with van der Waals surface area (Å²) in [5.41, 5.74) is 3.72. The van der Waals surface area contributed by atoms with E-state index in [0.29, 0.717) is 0 Å². The predicted molar refractivity (Wildman–Crippen MR) is 120 cm³/mol. The van der Waals surface area contributed by atoms with Gasteiger partial charge >= 0.3 is 0 Å². The summed E-state index contributed by atoms with van der Waals surface area (Å²) in [6, 6.07) is 0. The molecule has 0 amide bonds. The summed E-state index contributed by atoms with van der Waals surface area (Å²) in [5, 5.41) is 11.5. The second kappa shape index (κ2) is 10.1. The van der Waals surface area contributed by atoms with Gasteiger partial charge in [-0.3, -0.25) is 14.6 Å². The maximum atomic E-state index is 5.64. The molecule has 3 heterocycles. The molecule has 7 nitrogen and oxygen atoms in total. The topological polar surface area (TPSA) is 66.7 Å². The molecule has 0 radical (unpaired) electrons. The van der Waals surface area contributed by atoms with E-state index >= 15 is 0 Å². The molecule has 0 spiro atoms. The first-order valence-electron chi connectivity index (χ1n) is 9.82. The Bertz CT molecular complexity index is 632. The number of aliphatic imine (C=N–C) groups is 1. The Morgan fingerprint density at radius 1 is 1.19 bits per heavy atom. The Kier molecular flexibility index (Phi) is 8.36. The molecule has 154 valence electrons. The molecule has 2 saturated heterocycles. The predicted octanol–water partition coefficient (Wildman–Crippen LogP) is 1.96. The lowest BCUT2D eigenvalue weighted by Gasteiger charge is -2.45. The zero-order valence-electron chi connectivity index (χ0n) is 17.2. The smallest absolute Gasteiger partial charge is 0.191 e. The summed E-state index contributed by atoms with van der Waals surface area (Å²) < 4.78 is 7.58. The molecule has 1 aromatic rings. The molecule has 0 bridgehead atoms. The van der Waals surface area contributed by atoms with Crippen LogP contribution in [0.2, 0.25) is 0 Å². The van der Waals surface area contributed by atoms with E-state index in [-0.39, 0.29) is 29.5 Å². The van der Waals surface area contributed by atoms with E-state index in [0.717, 1.165) is 50.8 Å². The molecule has 3 rings (SSSR count). The molecule has 2 aliphatic rings. The summed E-state index contributed by atoms with van der Waals surface area (Å²) in [6.45, 7) is 9.97. The van der Waals surface area contributed by atoms with Crippen molar-refractivity contribution in [3.63, 3.8) is 0 Å². The van der Waals surface area contributed by atoms with Crippen molar-refractivity contribution in [1.82, 2.24) is 25.3 Å². The van der Waals surface area contributed by atoms with Crippen molar-refractivity contribution in [2.45, 2.75) is 51.6 Å². The van der Waals surface area contributed by atoms with Crippen LogP contribution in [0.15, 0.2) is 4.99 Å². The molecule has 27 heavy (non-hydrogen) atoms. The molecule has 0 unspecified atom stereocenters. The zero-order chi connectivity index (χ0) is 18.6. The van der Waals surface area contributed by atoms with Crippen LogP contribution >= 0.6 is 24.0 Å². The van der Waals surface area contributed by atoms with Crippen LogP contribution in [0.4, 0.5) is 0 Å². The van der Waals surface area contributed by atoms with Crippen LogP contribution in [-0.2, 0) is 18.3 Å². The van der Waals surface area contributed by atoms with Crippen LogP contribution < -0.4 is 10.6 Å². The van der Waals surface area contributed by atoms with E-state index in [1.807, 2.05) is 18.8 Å². The number of nitrogens with one attached hydrogen (secondary N) is 2. The minimum absolute atomic E-state index is 0. The normalized spacial score (nSPS) is 20.4. The standard InChI is InChI=1S/C19H34N6O.HI/c1-15-17(16(2)24(4)23-15)13-21-18(20-3)22-14-19(7-11-26-12-8-19)25-9-5-6-10-25;/h5-14H2,1-4H3,(H2,20,21,22);1H. The highest BCUT2D eigenvalue weighted by atomic mass is 127. The third-order valence-corrected chi connectivity index (χ3v) is 6.10. The quantitative estimate of drug-likeness (QED) is 0.376. The van der Waals surface area contributed by atoms with E-state index in [1.165, 1.54) is 37.2 Å². The fraction of sp³-hybridized carbons (Fsp3) is 0.789. The van der Waals surface area contributed by atoms with Gasteiger partial charge in [-0.15, -0.1) is 24.0 Å². The Morgan fingerprint density at radius 3 is 2.41 bits per heavy atom. The number of likely N-dealkylation sites (tertiary alicyclic amines) is 1. The number of aryl methyl sites for hydroxylation is 2. The number of guanidine groups is 1. The van der Waals surface area contributed by atoms with Gasteiger partial charge in [0, 0.05) is 57.2 Å². The number of aromatic nitrogens is 2. The van der Waals surface area contributed by atoms with Crippen LogP contribution in [0.5, 0.6) is 0 Å². The molecule has 2 aliphatic heterocycles. The maximum absolute atomic E-state index is 5.64. The molecular weight excluding hydrogens is 455 g/mol. The number of hydrogen-bond donors (Lipinski definition) is 2. The van der Waals surface area contributed by atoms with Gasteiger partial charge in [-0.2, -0.15) is 5.10 Å². The Labute approximate surface area is 180 Å². The lowest BCUT2D eigenvalue weighted by Crippen LogP contribution is -2.58. The van der Waals surface area contributed by atoms with E-state index in [1.54, 1.807) is 0 Å². The van der Waals surface area contributed by atoms with E-state index < -0.39 is 0 Å². The summed E-state index contributed by atoms with van der Waals surface area (Å²) in [7, 11) is 3.83. The number of ether oxygens (including phenoxy) is 1. The maximum Gasteiger partial charge on any atom is 0.191 e. The highest BCUT2D eigenvalue weighted by Crippen LogP contribution is 2.30. The lowest BCUT2D eigenvalue weighted by atomic mass is 9.88. The summed E-state index contributed by atoms with van der Waals surface area (Å²) >= 11 is 0. The second-order valence-corrected chi connectivity index (χ2v) is 7.58. The van der Waals surface area contributed by atoms with Crippen molar-refractivity contribution in [1.29, 1.82) is 0 Å². The fourth-order valence-electron chi connectivity index (χ4n) is 4.26. The Morgan fingerprint density at radius 2 is 1.85 bits per heavy atom. The van der Waals surface area contributed by atoms with Gasteiger partial charge in [-0.05, 0) is 52.6 Å². The molecule has 1 aromatic heterocycles. The second-order valence-electron chi connectivity index (χ2n) is 7.58. The first-order chi connectivity index (χ1) is 12.6. The van der Waals surface area contributed by atoms with Crippen molar-refractivity contribution in [2.75, 3.05) is 39.9 Å². The van der Waals surface area contributed by atoms with Gasteiger partial charge in [0.1, 0.15) is 0 Å². The van der Waals surface area contributed by atoms with Gasteiger partial charge in [0.25, 0.3) is 0 Å². The first kappa shape index (κ1) is 22.4. The van der Waals surface area contributed by atoms with Crippen molar-refractivity contribution in [3.8, 4) is 0 Å². The minimum atomic E-state index is 0. The average Bonchev–Trinajstić information content (AvgIpc) is 3.27. The van der Waals surface area contributed by atoms with Crippen LogP contribution in [0.3, 0.4) is 0 Å². The SMILES string of the molecule is CN=C(NCc1c(C)nn(C)c1C)NCC1(N2CCCC2)CCOCC1.I. The molecule has 0 aliphatic carbocycles. The summed E-state index contributed by atoms with van der Waals surface area (Å²) in [6.07, 6.45) is 4.82. The molecule has 8 heteroatoms. The van der Waals surface area contributed by atoms with Gasteiger partial charge in [0.15, 0.2) is 5.96 Å². The van der Waals surface area contributed by atoms with Gasteiger partial charge in [-0.25, -0.2) is 0 Å². The highest BCUT2D eigenvalue weighted by Gasteiger charge is 2.39. The van der Waals surface area contributed by atoms with Crippen LogP contribution in [0.25, 0.3) is 0 Å². The van der Waals surface area contributed by atoms with Crippen molar-refractivity contribution in [3.05, 3.63) is 17.0 Å². The minimum Gasteiger partial charge on any atom is -0.381 e. The average molecular weight is 490 g/mol. The third-order valence-electron chi connectivity index (χ3n) is 6.10. The lowest BCUT2D eigenvalue weighted by molar-refractivity contribution is -0.0164. The van der Waals surface area contributed by atoms with Gasteiger partial charge in [-0.1, -0.05) is 0 Å². The fourth-order valence-corrected chi connectivity index (χ4v) is 4.26. The number of rotatable bonds is 5. The van der Waals surface area contributed by atoms with Crippen LogP contribution in [0.1, 0.15) is 42.6 Å². The molecule has 2 N–H and O–H groups in total. The molecular formula is C19H35IN6O. The van der Waals surface area contributed by atoms with Gasteiger partial charge < -0.3 is 15.4 Å². The molecule has 0 aromatic carbocycles. The van der Waals surface area contributed by atoms with Gasteiger partial charge in [0.05, 0.1) is 5.69 Å². The summed E-state index contributed by atoms with van der Waals surface area (Å²) in [5.74, 6) is 0.859. The summed E-state index contributed by atoms with van der Waals surface area (Å²) in [4.78, 5) is 7.10. The third kappa shape index (κ3) is 5.14. The molecule has 0 saturated carbocycles. The Balaban J connectivity index is 0.00000261. The zero-order valence-corrected chi connectivity index (χ0v) is 19.5. The monoisotopic (exact) mass is 490 g/mol. The number of halogens is 1. The van der Waals surface area contributed by atoms with E-state index in [9.17, 15) is 0 Å². The Hall–Kier alpha value is -0.870. The van der Waals surface area contributed by atoms with Crippen LogP contribution in [0, 0.1) is 13.8 Å². The van der Waals surface area contributed by atoms with E-state index in [4.69, 9.17) is 4.74 Å². The first-order valence-corrected chi connectivity index (χ1v) is 9.82. The van der Waals surface area contributed by atoms with Crippen LogP contribution in [-0.4, -0.2) is 66.1 Å². The van der Waals surface area contributed by atoms with E-state index in [2.05, 4.69) is 39.5 Å².